The summed E-state index contributed by atoms with van der Waals surface area (Å²) in [6, 6.07) is 1.22. The minimum atomic E-state index is -5.65. The molecule has 0 N–H and O–H groups in total. The van der Waals surface area contributed by atoms with E-state index < -0.39 is 34.9 Å². The molecule has 0 aromatic heterocycles. The topological polar surface area (TPSA) is 75.1 Å². The average Bonchev–Trinajstić information content (AvgIpc) is 2.38. The van der Waals surface area contributed by atoms with Crippen LogP contribution in [0.1, 0.15) is 5.56 Å². The normalized spacial score (nSPS) is 14.1. The zero-order valence-corrected chi connectivity index (χ0v) is 9.78. The third-order valence-corrected chi connectivity index (χ3v) is 2.36. The minimum Gasteiger partial charge on any atom is -0.466 e. The Kier molecular flexibility index (Phi) is 4.19. The lowest BCUT2D eigenvalue weighted by Gasteiger charge is -2.25. The number of rotatable bonds is 3. The van der Waals surface area contributed by atoms with Gasteiger partial charge in [0.2, 0.25) is 0 Å². The Morgan fingerprint density at radius 3 is 2.35 bits per heavy atom. The predicted molar refractivity (Wildman–Crippen MR) is 56.1 cm³/mol. The molecular weight excluding hydrogens is 289 g/mol. The Morgan fingerprint density at radius 1 is 1.35 bits per heavy atom. The molecule has 0 heterocycles. The maximum Gasteiger partial charge on any atom is 0.437 e. The number of azide groups is 1. The van der Waals surface area contributed by atoms with E-state index in [1.165, 1.54) is 0 Å². The Hall–Kier alpha value is -2.35. The molecule has 0 spiro atoms. The average molecular weight is 295 g/mol. The molecular formula is C10H6F5N3O2. The van der Waals surface area contributed by atoms with Gasteiger partial charge in [0.25, 0.3) is 0 Å². The van der Waals surface area contributed by atoms with Crippen molar-refractivity contribution in [2.24, 2.45) is 5.11 Å². The van der Waals surface area contributed by atoms with Crippen LogP contribution >= 0.6 is 0 Å². The summed E-state index contributed by atoms with van der Waals surface area (Å²) < 4.78 is 69.4. The van der Waals surface area contributed by atoms with Gasteiger partial charge < -0.3 is 4.74 Å². The highest BCUT2D eigenvalue weighted by molar-refractivity contribution is 5.82. The lowest BCUT2D eigenvalue weighted by molar-refractivity contribution is -0.242. The number of hydrogen-bond acceptors (Lipinski definition) is 3. The fourth-order valence-corrected chi connectivity index (χ4v) is 1.39. The summed E-state index contributed by atoms with van der Waals surface area (Å²) in [6.45, 7) is 0. The molecule has 0 aliphatic heterocycles. The van der Waals surface area contributed by atoms with Crippen LogP contribution in [0.3, 0.4) is 0 Å². The van der Waals surface area contributed by atoms with Crippen LogP contribution in [0.5, 0.6) is 0 Å². The smallest absolute Gasteiger partial charge is 0.437 e. The van der Waals surface area contributed by atoms with Gasteiger partial charge in [-0.2, -0.15) is 13.2 Å². The monoisotopic (exact) mass is 295 g/mol. The van der Waals surface area contributed by atoms with E-state index in [4.69, 9.17) is 5.53 Å². The number of esters is 1. The third-order valence-electron chi connectivity index (χ3n) is 2.36. The Labute approximate surface area is 108 Å². The van der Waals surface area contributed by atoms with Gasteiger partial charge >= 0.3 is 17.8 Å². The van der Waals surface area contributed by atoms with Crippen molar-refractivity contribution in [3.8, 4) is 0 Å². The Balaban J connectivity index is 3.48. The van der Waals surface area contributed by atoms with Crippen molar-refractivity contribution in [2.75, 3.05) is 7.11 Å². The SMILES string of the molecule is COC(=O)C(F)(c1ccc(N=[N+]=[N-])c(F)c1)C(F)(F)F. The van der Waals surface area contributed by atoms with Crippen LogP contribution in [-0.4, -0.2) is 19.3 Å². The maximum atomic E-state index is 14.1. The first-order valence-electron chi connectivity index (χ1n) is 4.87. The molecule has 10 heteroatoms. The standard InChI is InChI=1S/C10H6F5N3O2/c1-20-8(19)9(12,10(13,14)15)5-2-3-7(17-18-16)6(11)4-5/h2-4H,1H3. The molecule has 1 unspecified atom stereocenters. The fourth-order valence-electron chi connectivity index (χ4n) is 1.39. The number of methoxy groups -OCH3 is 1. The summed E-state index contributed by atoms with van der Waals surface area (Å²) >= 11 is 0. The number of ether oxygens (including phenoxy) is 1. The van der Waals surface area contributed by atoms with Crippen molar-refractivity contribution in [1.82, 2.24) is 0 Å². The molecule has 0 saturated heterocycles. The number of nitrogens with zero attached hydrogens (tertiary/aromatic N) is 3. The molecule has 0 amide bonds. The predicted octanol–water partition coefficient (Wildman–Crippen LogP) is 3.67. The number of carbonyl (C=O) groups excluding carboxylic acids is 1. The second-order valence-electron chi connectivity index (χ2n) is 3.50. The molecule has 0 bridgehead atoms. The van der Waals surface area contributed by atoms with E-state index in [9.17, 15) is 26.7 Å². The second-order valence-corrected chi connectivity index (χ2v) is 3.50. The number of benzene rings is 1. The number of alkyl halides is 4. The van der Waals surface area contributed by atoms with E-state index in [2.05, 4.69) is 14.8 Å². The van der Waals surface area contributed by atoms with E-state index in [-0.39, 0.29) is 6.07 Å². The number of carbonyl (C=O) groups is 1. The molecule has 1 atom stereocenters. The quantitative estimate of drug-likeness (QED) is 0.280. The van der Waals surface area contributed by atoms with E-state index >= 15 is 0 Å². The van der Waals surface area contributed by atoms with Gasteiger partial charge in [0.1, 0.15) is 5.82 Å². The largest absolute Gasteiger partial charge is 0.466 e. The van der Waals surface area contributed by atoms with Crippen LogP contribution in [0.2, 0.25) is 0 Å². The minimum absolute atomic E-state index is 0.119. The molecule has 1 aromatic carbocycles. The molecule has 0 fully saturated rings. The highest BCUT2D eigenvalue weighted by atomic mass is 19.4. The number of hydrogen-bond donors (Lipinski definition) is 0. The molecule has 108 valence electrons. The first-order valence-corrected chi connectivity index (χ1v) is 4.87. The summed E-state index contributed by atoms with van der Waals surface area (Å²) in [5.41, 5.74) is 1.63. The van der Waals surface area contributed by atoms with Gasteiger partial charge in [0.05, 0.1) is 12.8 Å². The van der Waals surface area contributed by atoms with Gasteiger partial charge in [0.15, 0.2) is 0 Å². The van der Waals surface area contributed by atoms with Crippen molar-refractivity contribution in [2.45, 2.75) is 11.8 Å². The molecule has 1 rings (SSSR count). The van der Waals surface area contributed by atoms with Gasteiger partial charge in [-0.15, -0.1) is 0 Å². The van der Waals surface area contributed by atoms with Crippen LogP contribution in [0, 0.1) is 5.82 Å². The first-order chi connectivity index (χ1) is 9.18. The maximum absolute atomic E-state index is 14.1. The second kappa shape index (κ2) is 5.33. The Bertz CT molecular complexity index is 583. The summed E-state index contributed by atoms with van der Waals surface area (Å²) in [6.07, 6.45) is -5.65. The van der Waals surface area contributed by atoms with Crippen LogP contribution < -0.4 is 0 Å². The van der Waals surface area contributed by atoms with E-state index in [1.807, 2.05) is 0 Å². The van der Waals surface area contributed by atoms with Gasteiger partial charge in [0, 0.05) is 10.5 Å². The van der Waals surface area contributed by atoms with Gasteiger partial charge in [-0.05, 0) is 17.7 Å². The molecule has 1 aromatic rings. The van der Waals surface area contributed by atoms with Crippen LogP contribution in [-0.2, 0) is 15.2 Å². The summed E-state index contributed by atoms with van der Waals surface area (Å²) in [5, 5.41) is 2.84. The van der Waals surface area contributed by atoms with E-state index in [0.29, 0.717) is 19.2 Å². The zero-order valence-electron chi connectivity index (χ0n) is 9.78. The van der Waals surface area contributed by atoms with Crippen molar-refractivity contribution in [1.29, 1.82) is 0 Å². The molecule has 0 saturated carbocycles. The van der Waals surface area contributed by atoms with Crippen molar-refractivity contribution in [3.05, 3.63) is 40.0 Å². The summed E-state index contributed by atoms with van der Waals surface area (Å²) in [4.78, 5) is 13.3. The number of halogens is 5. The van der Waals surface area contributed by atoms with Crippen molar-refractivity contribution < 1.29 is 31.5 Å². The lowest BCUT2D eigenvalue weighted by atomic mass is 9.94. The molecule has 0 aliphatic rings. The molecule has 0 aliphatic carbocycles. The molecule has 5 nitrogen and oxygen atoms in total. The van der Waals surface area contributed by atoms with Crippen LogP contribution in [0.4, 0.5) is 27.6 Å². The van der Waals surface area contributed by atoms with Gasteiger partial charge in [-0.1, -0.05) is 11.2 Å². The lowest BCUT2D eigenvalue weighted by Crippen LogP contribution is -2.46. The van der Waals surface area contributed by atoms with Crippen LogP contribution in [0.25, 0.3) is 10.4 Å². The van der Waals surface area contributed by atoms with Gasteiger partial charge in [-0.25, -0.2) is 13.6 Å². The Morgan fingerprint density at radius 2 is 1.95 bits per heavy atom. The summed E-state index contributed by atoms with van der Waals surface area (Å²) in [5.74, 6) is -3.64. The highest BCUT2D eigenvalue weighted by Crippen LogP contribution is 2.44. The molecule has 20 heavy (non-hydrogen) atoms. The van der Waals surface area contributed by atoms with E-state index in [1.54, 1.807) is 0 Å². The summed E-state index contributed by atoms with van der Waals surface area (Å²) in [7, 11) is 0.563. The third kappa shape index (κ3) is 2.50. The van der Waals surface area contributed by atoms with Crippen LogP contribution in [0.15, 0.2) is 23.3 Å². The van der Waals surface area contributed by atoms with Crippen molar-refractivity contribution in [3.63, 3.8) is 0 Å². The highest BCUT2D eigenvalue weighted by Gasteiger charge is 2.64. The van der Waals surface area contributed by atoms with Gasteiger partial charge in [-0.3, -0.25) is 0 Å². The van der Waals surface area contributed by atoms with Crippen molar-refractivity contribution >= 4 is 11.7 Å². The fraction of sp³-hybridized carbons (Fsp3) is 0.300. The first kappa shape index (κ1) is 15.7. The van der Waals surface area contributed by atoms with E-state index in [0.717, 1.165) is 0 Å². The zero-order chi connectivity index (χ0) is 15.6. The molecule has 0 radical (unpaired) electrons.